The molecule has 1 fully saturated rings. The van der Waals surface area contributed by atoms with Gasteiger partial charge in [0.05, 0.1) is 0 Å². The van der Waals surface area contributed by atoms with Crippen molar-refractivity contribution in [2.24, 2.45) is 11.8 Å². The van der Waals surface area contributed by atoms with Gasteiger partial charge in [-0.3, -0.25) is 0 Å². The molecule has 1 aliphatic carbocycles. The van der Waals surface area contributed by atoms with E-state index >= 15 is 0 Å². The van der Waals surface area contributed by atoms with E-state index in [1.54, 1.807) is 0 Å². The molecule has 1 heterocycles. The van der Waals surface area contributed by atoms with Crippen LogP contribution in [0.1, 0.15) is 38.8 Å². The molecule has 0 saturated heterocycles. The van der Waals surface area contributed by atoms with Gasteiger partial charge in [0.15, 0.2) is 5.69 Å². The maximum absolute atomic E-state index is 12.6. The third-order valence-electron chi connectivity index (χ3n) is 3.43. The van der Waals surface area contributed by atoms with E-state index in [0.717, 1.165) is 25.3 Å². The number of nitrogens with two attached hydrogens (primary N) is 1. The predicted molar refractivity (Wildman–Crippen MR) is 68.0 cm³/mol. The minimum atomic E-state index is -4.55. The van der Waals surface area contributed by atoms with Gasteiger partial charge in [-0.2, -0.15) is 18.2 Å². The van der Waals surface area contributed by atoms with Crippen LogP contribution in [0, 0.1) is 11.8 Å². The number of ether oxygens (including phenoxy) is 1. The molecule has 0 aliphatic heterocycles. The number of rotatable bonds is 2. The lowest BCUT2D eigenvalue weighted by molar-refractivity contribution is -0.141. The first-order valence-electron chi connectivity index (χ1n) is 6.62. The Hall–Kier alpha value is -1.53. The Balaban J connectivity index is 2.15. The molecule has 1 aromatic rings. The SMILES string of the molecule is CC1CC(C)CC(Oc2cc(C(F)(F)F)nc(N)n2)C1. The number of halogens is 3. The average molecular weight is 289 g/mol. The molecule has 1 saturated carbocycles. The highest BCUT2D eigenvalue weighted by molar-refractivity contribution is 5.27. The molecule has 0 spiro atoms. The minimum absolute atomic E-state index is 0.101. The molecule has 0 radical (unpaired) electrons. The van der Waals surface area contributed by atoms with Crippen LogP contribution in [0.15, 0.2) is 6.07 Å². The van der Waals surface area contributed by atoms with E-state index in [-0.39, 0.29) is 12.0 Å². The van der Waals surface area contributed by atoms with Gasteiger partial charge in [-0.05, 0) is 31.1 Å². The van der Waals surface area contributed by atoms with Gasteiger partial charge in [-0.15, -0.1) is 0 Å². The molecule has 2 N–H and O–H groups in total. The van der Waals surface area contributed by atoms with Crippen molar-refractivity contribution >= 4 is 5.95 Å². The molecule has 2 atom stereocenters. The zero-order chi connectivity index (χ0) is 14.9. The van der Waals surface area contributed by atoms with Crippen LogP contribution in [0.25, 0.3) is 0 Å². The summed E-state index contributed by atoms with van der Waals surface area (Å²) >= 11 is 0. The molecule has 1 aliphatic rings. The molecule has 1 aromatic heterocycles. The second-order valence-corrected chi connectivity index (χ2v) is 5.60. The van der Waals surface area contributed by atoms with E-state index in [2.05, 4.69) is 23.8 Å². The van der Waals surface area contributed by atoms with Crippen molar-refractivity contribution in [2.75, 3.05) is 5.73 Å². The van der Waals surface area contributed by atoms with Gasteiger partial charge in [0, 0.05) is 6.07 Å². The van der Waals surface area contributed by atoms with E-state index in [0.29, 0.717) is 11.8 Å². The molecule has 0 aromatic carbocycles. The highest BCUT2D eigenvalue weighted by Crippen LogP contribution is 2.33. The summed E-state index contributed by atoms with van der Waals surface area (Å²) in [7, 11) is 0. The first-order chi connectivity index (χ1) is 9.24. The van der Waals surface area contributed by atoms with E-state index in [1.807, 2.05) is 0 Å². The lowest BCUT2D eigenvalue weighted by Crippen LogP contribution is -2.29. The summed E-state index contributed by atoms with van der Waals surface area (Å²) in [6.45, 7) is 4.23. The number of aromatic nitrogens is 2. The lowest BCUT2D eigenvalue weighted by atomic mass is 9.82. The van der Waals surface area contributed by atoms with Crippen molar-refractivity contribution in [1.29, 1.82) is 0 Å². The van der Waals surface area contributed by atoms with Gasteiger partial charge in [-0.25, -0.2) is 4.98 Å². The second kappa shape index (κ2) is 5.46. The zero-order valence-corrected chi connectivity index (χ0v) is 11.4. The first-order valence-corrected chi connectivity index (χ1v) is 6.62. The van der Waals surface area contributed by atoms with Crippen molar-refractivity contribution in [3.05, 3.63) is 11.8 Å². The maximum Gasteiger partial charge on any atom is 0.433 e. The van der Waals surface area contributed by atoms with E-state index < -0.39 is 17.8 Å². The largest absolute Gasteiger partial charge is 0.474 e. The Kier molecular flexibility index (Phi) is 4.06. The van der Waals surface area contributed by atoms with Crippen molar-refractivity contribution in [3.63, 3.8) is 0 Å². The van der Waals surface area contributed by atoms with Gasteiger partial charge in [0.1, 0.15) is 6.10 Å². The third kappa shape index (κ3) is 3.74. The maximum atomic E-state index is 12.6. The molecular weight excluding hydrogens is 271 g/mol. The van der Waals surface area contributed by atoms with Crippen LogP contribution < -0.4 is 10.5 Å². The third-order valence-corrected chi connectivity index (χ3v) is 3.43. The van der Waals surface area contributed by atoms with E-state index in [9.17, 15) is 13.2 Å². The van der Waals surface area contributed by atoms with Gasteiger partial charge in [0.25, 0.3) is 0 Å². The van der Waals surface area contributed by atoms with E-state index in [4.69, 9.17) is 10.5 Å². The Bertz CT molecular complexity index is 468. The van der Waals surface area contributed by atoms with Gasteiger partial charge in [0.2, 0.25) is 11.8 Å². The zero-order valence-electron chi connectivity index (χ0n) is 11.4. The molecule has 0 amide bonds. The summed E-state index contributed by atoms with van der Waals surface area (Å²) in [5.41, 5.74) is 4.24. The Labute approximate surface area is 115 Å². The van der Waals surface area contributed by atoms with Crippen LogP contribution in [0.5, 0.6) is 5.88 Å². The fourth-order valence-corrected chi connectivity index (χ4v) is 2.79. The van der Waals surface area contributed by atoms with Crippen molar-refractivity contribution in [3.8, 4) is 5.88 Å². The normalized spacial score (nSPS) is 27.4. The van der Waals surface area contributed by atoms with Crippen molar-refractivity contribution < 1.29 is 17.9 Å². The molecule has 112 valence electrons. The van der Waals surface area contributed by atoms with Crippen molar-refractivity contribution in [2.45, 2.75) is 45.4 Å². The van der Waals surface area contributed by atoms with Crippen LogP contribution >= 0.6 is 0 Å². The molecule has 2 unspecified atom stereocenters. The van der Waals surface area contributed by atoms with Gasteiger partial charge >= 0.3 is 6.18 Å². The number of alkyl halides is 3. The highest BCUT2D eigenvalue weighted by Gasteiger charge is 2.34. The van der Waals surface area contributed by atoms with Crippen molar-refractivity contribution in [1.82, 2.24) is 9.97 Å². The standard InChI is InChI=1S/C13H18F3N3O/c1-7-3-8(2)5-9(4-7)20-11-6-10(13(14,15)16)18-12(17)19-11/h6-9H,3-5H2,1-2H3,(H2,17,18,19). The predicted octanol–water partition coefficient (Wildman–Crippen LogP) is 3.28. The summed E-state index contributed by atoms with van der Waals surface area (Å²) in [4.78, 5) is 6.93. The second-order valence-electron chi connectivity index (χ2n) is 5.60. The average Bonchev–Trinajstić information content (AvgIpc) is 2.25. The van der Waals surface area contributed by atoms with Gasteiger partial charge < -0.3 is 10.5 Å². The number of nitrogens with zero attached hydrogens (tertiary/aromatic N) is 2. The topological polar surface area (TPSA) is 61.0 Å². The fraction of sp³-hybridized carbons (Fsp3) is 0.692. The summed E-state index contributed by atoms with van der Waals surface area (Å²) in [5.74, 6) is 0.456. The molecule has 4 nitrogen and oxygen atoms in total. The van der Waals surface area contributed by atoms with Gasteiger partial charge in [-0.1, -0.05) is 13.8 Å². The summed E-state index contributed by atoms with van der Waals surface area (Å²) in [6.07, 6.45) is -1.93. The quantitative estimate of drug-likeness (QED) is 0.907. The Morgan fingerprint density at radius 3 is 2.30 bits per heavy atom. The molecule has 7 heteroatoms. The lowest BCUT2D eigenvalue weighted by Gasteiger charge is -2.31. The number of hydrogen-bond donors (Lipinski definition) is 1. The van der Waals surface area contributed by atoms with Crippen LogP contribution in [-0.4, -0.2) is 16.1 Å². The number of nitrogen functional groups attached to an aromatic ring is 1. The van der Waals surface area contributed by atoms with Crippen LogP contribution in [0.4, 0.5) is 19.1 Å². The number of hydrogen-bond acceptors (Lipinski definition) is 4. The highest BCUT2D eigenvalue weighted by atomic mass is 19.4. The summed E-state index contributed by atoms with van der Waals surface area (Å²) in [6, 6.07) is 0.806. The molecule has 0 bridgehead atoms. The molecule has 2 rings (SSSR count). The number of anilines is 1. The Morgan fingerprint density at radius 2 is 1.75 bits per heavy atom. The van der Waals surface area contributed by atoms with E-state index in [1.165, 1.54) is 0 Å². The molecular formula is C13H18F3N3O. The summed E-state index contributed by atoms with van der Waals surface area (Å²) < 4.78 is 43.5. The minimum Gasteiger partial charge on any atom is -0.474 e. The Morgan fingerprint density at radius 1 is 1.15 bits per heavy atom. The fourth-order valence-electron chi connectivity index (χ4n) is 2.79. The van der Waals surface area contributed by atoms with Crippen LogP contribution in [0.2, 0.25) is 0 Å². The first kappa shape index (κ1) is 14.9. The molecule has 20 heavy (non-hydrogen) atoms. The smallest absolute Gasteiger partial charge is 0.433 e. The van der Waals surface area contributed by atoms with Crippen LogP contribution in [-0.2, 0) is 6.18 Å². The van der Waals surface area contributed by atoms with Crippen LogP contribution in [0.3, 0.4) is 0 Å². The summed E-state index contributed by atoms with van der Waals surface area (Å²) in [5, 5.41) is 0. The monoisotopic (exact) mass is 289 g/mol.